The molecular weight excluding hydrogens is 267 g/mol. The molecule has 0 spiro atoms. The van der Waals surface area contributed by atoms with Gasteiger partial charge >= 0.3 is 0 Å². The number of rotatable bonds is 0. The molecule has 7 heavy (non-hydrogen) atoms. The summed E-state index contributed by atoms with van der Waals surface area (Å²) in [5.41, 5.74) is 0. The lowest BCUT2D eigenvalue weighted by molar-refractivity contribution is 0.953. The zero-order valence-electron chi connectivity index (χ0n) is 3.82. The standard InChI is InChI=1S/C5H6BrI/c6-4-2-1-3-5(4)7/h3-4H,1-2H2. The molecule has 0 radical (unpaired) electrons. The molecule has 0 aromatic rings. The summed E-state index contributed by atoms with van der Waals surface area (Å²) < 4.78 is 1.47. The van der Waals surface area contributed by atoms with Gasteiger partial charge in [0.05, 0.1) is 0 Å². The molecule has 0 amide bonds. The monoisotopic (exact) mass is 272 g/mol. The Hall–Kier alpha value is 0.950. The molecule has 0 aromatic heterocycles. The van der Waals surface area contributed by atoms with Crippen LogP contribution in [0.25, 0.3) is 0 Å². The van der Waals surface area contributed by atoms with Crippen LogP contribution < -0.4 is 0 Å². The van der Waals surface area contributed by atoms with E-state index >= 15 is 0 Å². The predicted octanol–water partition coefficient (Wildman–Crippen LogP) is 2.86. The number of alkyl halides is 1. The Balaban J connectivity index is 2.54. The molecule has 0 aliphatic heterocycles. The van der Waals surface area contributed by atoms with Crippen LogP contribution in [0.2, 0.25) is 0 Å². The highest BCUT2D eigenvalue weighted by Crippen LogP contribution is 2.29. The second-order valence-corrected chi connectivity index (χ2v) is 3.98. The van der Waals surface area contributed by atoms with Crippen LogP contribution in [0.4, 0.5) is 0 Å². The first-order chi connectivity index (χ1) is 3.30. The summed E-state index contributed by atoms with van der Waals surface area (Å²) in [6, 6.07) is 0. The number of allylic oxidation sites excluding steroid dienone is 2. The molecule has 40 valence electrons. The van der Waals surface area contributed by atoms with Crippen molar-refractivity contribution in [3.05, 3.63) is 9.66 Å². The SMILES string of the molecule is BrC1CCC=C1I. The van der Waals surface area contributed by atoms with E-state index < -0.39 is 0 Å². The van der Waals surface area contributed by atoms with Crippen LogP contribution in [0.3, 0.4) is 0 Å². The van der Waals surface area contributed by atoms with Crippen LogP contribution in [0.5, 0.6) is 0 Å². The van der Waals surface area contributed by atoms with Gasteiger partial charge in [-0.1, -0.05) is 22.0 Å². The Morgan fingerprint density at radius 3 is 2.71 bits per heavy atom. The molecule has 0 nitrogen and oxygen atoms in total. The highest BCUT2D eigenvalue weighted by molar-refractivity contribution is 14.1. The molecule has 0 bridgehead atoms. The van der Waals surface area contributed by atoms with Gasteiger partial charge in [0, 0.05) is 8.41 Å². The number of hydrogen-bond acceptors (Lipinski definition) is 0. The quantitative estimate of drug-likeness (QED) is 0.470. The van der Waals surface area contributed by atoms with Crippen LogP contribution in [-0.4, -0.2) is 4.83 Å². The topological polar surface area (TPSA) is 0 Å². The van der Waals surface area contributed by atoms with Gasteiger partial charge in [-0.15, -0.1) is 0 Å². The first-order valence-corrected chi connectivity index (χ1v) is 4.30. The normalized spacial score (nSPS) is 30.6. The molecule has 1 rings (SSSR count). The third kappa shape index (κ3) is 1.42. The molecule has 0 N–H and O–H groups in total. The smallest absolute Gasteiger partial charge is 0.0452 e. The Morgan fingerprint density at radius 2 is 2.57 bits per heavy atom. The van der Waals surface area contributed by atoms with Gasteiger partial charge in [0.25, 0.3) is 0 Å². The average Bonchev–Trinajstić information content (AvgIpc) is 1.91. The lowest BCUT2D eigenvalue weighted by Gasteiger charge is -1.94. The highest BCUT2D eigenvalue weighted by Gasteiger charge is 2.11. The van der Waals surface area contributed by atoms with Crippen LogP contribution in [0.15, 0.2) is 9.66 Å². The van der Waals surface area contributed by atoms with E-state index in [1.54, 1.807) is 0 Å². The minimum Gasteiger partial charge on any atom is -0.0834 e. The van der Waals surface area contributed by atoms with Crippen molar-refractivity contribution in [1.82, 2.24) is 0 Å². The van der Waals surface area contributed by atoms with Gasteiger partial charge in [0.15, 0.2) is 0 Å². The first-order valence-electron chi connectivity index (χ1n) is 2.30. The minimum atomic E-state index is 0.674. The van der Waals surface area contributed by atoms with Crippen molar-refractivity contribution in [1.29, 1.82) is 0 Å². The maximum absolute atomic E-state index is 3.53. The van der Waals surface area contributed by atoms with Gasteiger partial charge in [0.1, 0.15) is 0 Å². The van der Waals surface area contributed by atoms with Gasteiger partial charge < -0.3 is 0 Å². The zero-order valence-corrected chi connectivity index (χ0v) is 7.57. The van der Waals surface area contributed by atoms with E-state index in [9.17, 15) is 0 Å². The lowest BCUT2D eigenvalue weighted by Crippen LogP contribution is -1.86. The van der Waals surface area contributed by atoms with E-state index in [2.05, 4.69) is 44.6 Å². The molecule has 0 fully saturated rings. The average molecular weight is 273 g/mol. The summed E-state index contributed by atoms with van der Waals surface area (Å²) in [4.78, 5) is 0.674. The van der Waals surface area contributed by atoms with Gasteiger partial charge in [-0.05, 0) is 35.4 Å². The molecule has 1 aliphatic rings. The molecule has 1 atom stereocenters. The molecule has 0 aromatic carbocycles. The van der Waals surface area contributed by atoms with Crippen molar-refractivity contribution in [2.75, 3.05) is 0 Å². The van der Waals surface area contributed by atoms with Crippen molar-refractivity contribution in [2.24, 2.45) is 0 Å². The van der Waals surface area contributed by atoms with E-state index in [0.29, 0.717) is 4.83 Å². The summed E-state index contributed by atoms with van der Waals surface area (Å²) in [5.74, 6) is 0. The third-order valence-electron chi connectivity index (χ3n) is 1.06. The molecule has 0 saturated heterocycles. The fourth-order valence-corrected chi connectivity index (χ4v) is 1.71. The fraction of sp³-hybridized carbons (Fsp3) is 0.600. The summed E-state index contributed by atoms with van der Waals surface area (Å²) in [5, 5.41) is 0. The van der Waals surface area contributed by atoms with Crippen LogP contribution in [0.1, 0.15) is 12.8 Å². The minimum absolute atomic E-state index is 0.674. The number of halogens is 2. The van der Waals surface area contributed by atoms with Gasteiger partial charge in [0.2, 0.25) is 0 Å². The molecule has 2 heteroatoms. The Bertz CT molecular complexity index is 98.3. The molecule has 1 unspecified atom stereocenters. The maximum atomic E-state index is 3.53. The van der Waals surface area contributed by atoms with Crippen molar-refractivity contribution in [3.63, 3.8) is 0 Å². The lowest BCUT2D eigenvalue weighted by atomic mass is 10.4. The second-order valence-electron chi connectivity index (χ2n) is 1.63. The highest BCUT2D eigenvalue weighted by atomic mass is 127. The first kappa shape index (κ1) is 6.08. The third-order valence-corrected chi connectivity index (χ3v) is 4.06. The van der Waals surface area contributed by atoms with Crippen molar-refractivity contribution < 1.29 is 0 Å². The zero-order chi connectivity index (χ0) is 5.28. The van der Waals surface area contributed by atoms with Crippen LogP contribution in [-0.2, 0) is 0 Å². The van der Waals surface area contributed by atoms with Gasteiger partial charge in [-0.3, -0.25) is 0 Å². The Morgan fingerprint density at radius 1 is 1.86 bits per heavy atom. The summed E-state index contributed by atoms with van der Waals surface area (Å²) in [6.45, 7) is 0. The van der Waals surface area contributed by atoms with E-state index in [0.717, 1.165) is 0 Å². The van der Waals surface area contributed by atoms with Crippen molar-refractivity contribution in [3.8, 4) is 0 Å². The number of hydrogen-bond donors (Lipinski definition) is 0. The van der Waals surface area contributed by atoms with E-state index in [1.165, 1.54) is 16.4 Å². The molecule has 0 saturated carbocycles. The Kier molecular flexibility index (Phi) is 2.16. The van der Waals surface area contributed by atoms with E-state index in [4.69, 9.17) is 0 Å². The van der Waals surface area contributed by atoms with Gasteiger partial charge in [-0.25, -0.2) is 0 Å². The van der Waals surface area contributed by atoms with Crippen LogP contribution in [0, 0.1) is 0 Å². The Labute approximate surface area is 65.6 Å². The predicted molar refractivity (Wildman–Crippen MR) is 44.1 cm³/mol. The fourth-order valence-electron chi connectivity index (χ4n) is 0.633. The molecule has 1 aliphatic carbocycles. The van der Waals surface area contributed by atoms with Crippen LogP contribution >= 0.6 is 38.5 Å². The maximum Gasteiger partial charge on any atom is 0.0452 e. The summed E-state index contributed by atoms with van der Waals surface area (Å²) in [6.07, 6.45) is 4.83. The second kappa shape index (κ2) is 2.49. The molecular formula is C5H6BrI. The van der Waals surface area contributed by atoms with E-state index in [-0.39, 0.29) is 0 Å². The largest absolute Gasteiger partial charge is 0.0834 e. The van der Waals surface area contributed by atoms with Crippen molar-refractivity contribution >= 4 is 38.5 Å². The van der Waals surface area contributed by atoms with Gasteiger partial charge in [-0.2, -0.15) is 0 Å². The summed E-state index contributed by atoms with van der Waals surface area (Å²) >= 11 is 5.90. The summed E-state index contributed by atoms with van der Waals surface area (Å²) in [7, 11) is 0. The molecule has 0 heterocycles. The van der Waals surface area contributed by atoms with E-state index in [1.807, 2.05) is 0 Å². The van der Waals surface area contributed by atoms with Crippen molar-refractivity contribution in [2.45, 2.75) is 17.7 Å².